The van der Waals surface area contributed by atoms with Gasteiger partial charge in [0, 0.05) is 11.1 Å². The summed E-state index contributed by atoms with van der Waals surface area (Å²) < 4.78 is 33.6. The number of benzene rings is 2. The van der Waals surface area contributed by atoms with Crippen LogP contribution in [-0.4, -0.2) is 6.61 Å². The van der Waals surface area contributed by atoms with Crippen LogP contribution in [0.1, 0.15) is 68.1 Å². The summed E-state index contributed by atoms with van der Waals surface area (Å²) in [4.78, 5) is 0. The second-order valence-corrected chi connectivity index (χ2v) is 9.36. The molecule has 33 heavy (non-hydrogen) atoms. The molecular formula is C30H32F2O. The largest absolute Gasteiger partial charge is 0.483 e. The highest BCUT2D eigenvalue weighted by molar-refractivity contribution is 5.46. The van der Waals surface area contributed by atoms with E-state index in [-0.39, 0.29) is 12.4 Å². The molecule has 2 aliphatic carbocycles. The van der Waals surface area contributed by atoms with Crippen molar-refractivity contribution in [1.29, 1.82) is 0 Å². The molecule has 0 aliphatic heterocycles. The van der Waals surface area contributed by atoms with Gasteiger partial charge in [0.05, 0.1) is 0 Å². The molecule has 0 saturated heterocycles. The van der Waals surface area contributed by atoms with Gasteiger partial charge >= 0.3 is 0 Å². The first-order valence-electron chi connectivity index (χ1n) is 12.0. The second kappa shape index (κ2) is 10.8. The van der Waals surface area contributed by atoms with E-state index >= 15 is 0 Å². The van der Waals surface area contributed by atoms with E-state index < -0.39 is 11.6 Å². The molecule has 0 heterocycles. The maximum Gasteiger partial charge on any atom is 0.191 e. The standard InChI is InChI=1S/C30H32F2O/c1-3-5-16-33-30-28(31)18-23(19-29(30)32)7-6-22-9-11-24(12-10-22)26-15-14-25-17-21(4-2)8-13-27(25)20-26/h3-5,9-12,18-19,21,25-27H,2,8,13-17,20H2,1H3/b5-3+. The number of hydrogen-bond acceptors (Lipinski definition) is 1. The van der Waals surface area contributed by atoms with E-state index in [0.29, 0.717) is 17.4 Å². The van der Waals surface area contributed by atoms with Gasteiger partial charge in [-0.1, -0.05) is 42.2 Å². The Morgan fingerprint density at radius 3 is 2.30 bits per heavy atom. The molecule has 4 atom stereocenters. The van der Waals surface area contributed by atoms with Crippen molar-refractivity contribution in [3.05, 3.63) is 89.5 Å². The molecule has 0 radical (unpaired) electrons. The van der Waals surface area contributed by atoms with Gasteiger partial charge in [-0.2, -0.15) is 0 Å². The quantitative estimate of drug-likeness (QED) is 0.336. The highest BCUT2D eigenvalue weighted by Crippen LogP contribution is 2.47. The van der Waals surface area contributed by atoms with Gasteiger partial charge in [-0.15, -0.1) is 6.58 Å². The Morgan fingerprint density at radius 2 is 1.61 bits per heavy atom. The first kappa shape index (κ1) is 23.3. The summed E-state index contributed by atoms with van der Waals surface area (Å²) in [6.45, 7) is 5.94. The van der Waals surface area contributed by atoms with Crippen LogP contribution in [0.3, 0.4) is 0 Å². The summed E-state index contributed by atoms with van der Waals surface area (Å²) in [6, 6.07) is 10.8. The van der Waals surface area contributed by atoms with Crippen LogP contribution < -0.4 is 4.74 Å². The smallest absolute Gasteiger partial charge is 0.191 e. The van der Waals surface area contributed by atoms with E-state index in [4.69, 9.17) is 4.74 Å². The molecule has 172 valence electrons. The third-order valence-corrected chi connectivity index (χ3v) is 7.28. The average molecular weight is 447 g/mol. The summed E-state index contributed by atoms with van der Waals surface area (Å²) in [7, 11) is 0. The minimum Gasteiger partial charge on any atom is -0.483 e. The van der Waals surface area contributed by atoms with Crippen LogP contribution in [0.15, 0.2) is 61.2 Å². The van der Waals surface area contributed by atoms with Crippen LogP contribution in [0.25, 0.3) is 0 Å². The van der Waals surface area contributed by atoms with Crippen LogP contribution in [0.4, 0.5) is 8.78 Å². The Hall–Kier alpha value is -2.86. The first-order chi connectivity index (χ1) is 16.1. The number of ether oxygens (including phenoxy) is 1. The van der Waals surface area contributed by atoms with Crippen molar-refractivity contribution in [2.75, 3.05) is 6.61 Å². The first-order valence-corrected chi connectivity index (χ1v) is 12.0. The van der Waals surface area contributed by atoms with E-state index in [1.807, 2.05) is 19.1 Å². The maximum absolute atomic E-state index is 14.2. The number of fused-ring (bicyclic) bond motifs is 1. The lowest BCUT2D eigenvalue weighted by Gasteiger charge is -2.41. The van der Waals surface area contributed by atoms with Gasteiger partial charge in [-0.3, -0.25) is 0 Å². The minimum atomic E-state index is -0.739. The molecule has 0 N–H and O–H groups in total. The molecule has 2 saturated carbocycles. The zero-order valence-corrected chi connectivity index (χ0v) is 19.3. The fourth-order valence-corrected chi connectivity index (χ4v) is 5.42. The highest BCUT2D eigenvalue weighted by atomic mass is 19.1. The monoisotopic (exact) mass is 446 g/mol. The van der Waals surface area contributed by atoms with E-state index in [2.05, 4.69) is 36.6 Å². The Morgan fingerprint density at radius 1 is 0.939 bits per heavy atom. The third-order valence-electron chi connectivity index (χ3n) is 7.28. The predicted octanol–water partition coefficient (Wildman–Crippen LogP) is 7.81. The van der Waals surface area contributed by atoms with Crippen molar-refractivity contribution < 1.29 is 13.5 Å². The topological polar surface area (TPSA) is 9.23 Å². The molecule has 2 aromatic rings. The summed E-state index contributed by atoms with van der Waals surface area (Å²) in [6.07, 6.45) is 13.4. The molecule has 0 spiro atoms. The molecule has 3 heteroatoms. The lowest BCUT2D eigenvalue weighted by molar-refractivity contribution is 0.133. The number of allylic oxidation sites excluding steroid dienone is 2. The molecule has 0 bridgehead atoms. The molecule has 4 unspecified atom stereocenters. The third kappa shape index (κ3) is 5.74. The summed E-state index contributed by atoms with van der Waals surface area (Å²) in [5.74, 6) is 7.10. The van der Waals surface area contributed by atoms with Crippen molar-refractivity contribution in [3.63, 3.8) is 0 Å². The fraction of sp³-hybridized carbons (Fsp3) is 0.400. The van der Waals surface area contributed by atoms with Gasteiger partial charge in [-0.05, 0) is 98.9 Å². The molecule has 0 amide bonds. The summed E-state index contributed by atoms with van der Waals surface area (Å²) >= 11 is 0. The lowest BCUT2D eigenvalue weighted by Crippen LogP contribution is -2.29. The summed E-state index contributed by atoms with van der Waals surface area (Å²) in [5, 5.41) is 0. The van der Waals surface area contributed by atoms with Gasteiger partial charge in [0.15, 0.2) is 17.4 Å². The average Bonchev–Trinajstić information content (AvgIpc) is 2.84. The summed E-state index contributed by atoms with van der Waals surface area (Å²) in [5.41, 5.74) is 2.51. The van der Waals surface area contributed by atoms with Gasteiger partial charge < -0.3 is 4.74 Å². The Balaban J connectivity index is 1.39. The minimum absolute atomic E-state index is 0.124. The van der Waals surface area contributed by atoms with Gasteiger partial charge in [0.25, 0.3) is 0 Å². The van der Waals surface area contributed by atoms with E-state index in [1.165, 1.54) is 56.2 Å². The van der Waals surface area contributed by atoms with Crippen LogP contribution in [0.5, 0.6) is 5.75 Å². The van der Waals surface area contributed by atoms with Crippen molar-refractivity contribution in [2.45, 2.75) is 51.4 Å². The normalized spacial score (nSPS) is 24.6. The van der Waals surface area contributed by atoms with Crippen molar-refractivity contribution >= 4 is 0 Å². The molecule has 2 aromatic carbocycles. The van der Waals surface area contributed by atoms with Crippen molar-refractivity contribution in [2.24, 2.45) is 17.8 Å². The molecule has 0 aromatic heterocycles. The van der Waals surface area contributed by atoms with Gasteiger partial charge in [0.2, 0.25) is 0 Å². The molecule has 1 nitrogen and oxygen atoms in total. The Labute approximate surface area is 196 Å². The van der Waals surface area contributed by atoms with Crippen LogP contribution in [-0.2, 0) is 0 Å². The van der Waals surface area contributed by atoms with E-state index in [0.717, 1.165) is 17.4 Å². The van der Waals surface area contributed by atoms with Crippen LogP contribution in [0.2, 0.25) is 0 Å². The maximum atomic E-state index is 14.2. The molecule has 4 rings (SSSR count). The fourth-order valence-electron chi connectivity index (χ4n) is 5.42. The van der Waals surface area contributed by atoms with E-state index in [9.17, 15) is 8.78 Å². The predicted molar refractivity (Wildman–Crippen MR) is 130 cm³/mol. The van der Waals surface area contributed by atoms with Gasteiger partial charge in [-0.25, -0.2) is 8.78 Å². The van der Waals surface area contributed by atoms with Crippen LogP contribution >= 0.6 is 0 Å². The van der Waals surface area contributed by atoms with Crippen molar-refractivity contribution in [3.8, 4) is 17.6 Å². The van der Waals surface area contributed by atoms with Crippen molar-refractivity contribution in [1.82, 2.24) is 0 Å². The van der Waals surface area contributed by atoms with E-state index in [1.54, 1.807) is 12.2 Å². The number of rotatable bonds is 5. The number of hydrogen-bond donors (Lipinski definition) is 0. The Kier molecular flexibility index (Phi) is 7.65. The number of halogens is 2. The zero-order chi connectivity index (χ0) is 23.2. The van der Waals surface area contributed by atoms with Crippen LogP contribution in [0, 0.1) is 41.2 Å². The molecule has 2 fully saturated rings. The lowest BCUT2D eigenvalue weighted by atomic mass is 9.64. The second-order valence-electron chi connectivity index (χ2n) is 9.36. The van der Waals surface area contributed by atoms with Gasteiger partial charge in [0.1, 0.15) is 6.61 Å². The molecule has 2 aliphatic rings. The SMILES string of the molecule is C=CC1CCC2CC(c3ccc(C#Cc4cc(F)c(OC/C=C/C)c(F)c4)cc3)CCC2C1. The Bertz CT molecular complexity index is 1030. The molecular weight excluding hydrogens is 414 g/mol. The highest BCUT2D eigenvalue weighted by Gasteiger charge is 2.35. The zero-order valence-electron chi connectivity index (χ0n) is 19.3.